The van der Waals surface area contributed by atoms with Crippen molar-refractivity contribution in [1.29, 1.82) is 0 Å². The minimum absolute atomic E-state index is 0.126. The summed E-state index contributed by atoms with van der Waals surface area (Å²) in [5.41, 5.74) is 0. The number of rotatable bonds is 9. The van der Waals surface area contributed by atoms with Crippen LogP contribution in [0.15, 0.2) is 0 Å². The Morgan fingerprint density at radius 3 is 2.55 bits per heavy atom. The lowest BCUT2D eigenvalue weighted by Crippen LogP contribution is -2.48. The molecule has 0 amide bonds. The van der Waals surface area contributed by atoms with E-state index in [1.165, 1.54) is 0 Å². The van der Waals surface area contributed by atoms with E-state index in [0.29, 0.717) is 12.8 Å². The molecule has 1 saturated heterocycles. The Morgan fingerprint density at radius 1 is 1.27 bits per heavy atom. The SMILES string of the molecule is CC1O[C@@H](O[C@@H](C)CCCC[C@@H](O)CC(=O)O)C(O)C[C@H]1O. The van der Waals surface area contributed by atoms with Gasteiger partial charge < -0.3 is 29.9 Å². The van der Waals surface area contributed by atoms with Crippen LogP contribution >= 0.6 is 0 Å². The molecule has 1 fully saturated rings. The molecule has 1 aliphatic heterocycles. The van der Waals surface area contributed by atoms with Gasteiger partial charge in [0.1, 0.15) is 6.10 Å². The van der Waals surface area contributed by atoms with E-state index in [4.69, 9.17) is 14.6 Å². The van der Waals surface area contributed by atoms with Crippen molar-refractivity contribution in [3.8, 4) is 0 Å². The van der Waals surface area contributed by atoms with Gasteiger partial charge in [0.05, 0.1) is 30.8 Å². The highest BCUT2D eigenvalue weighted by Crippen LogP contribution is 2.23. The van der Waals surface area contributed by atoms with Gasteiger partial charge in [-0.05, 0) is 26.7 Å². The van der Waals surface area contributed by atoms with E-state index in [1.807, 2.05) is 6.92 Å². The van der Waals surface area contributed by atoms with E-state index in [2.05, 4.69) is 0 Å². The minimum Gasteiger partial charge on any atom is -0.481 e. The van der Waals surface area contributed by atoms with Gasteiger partial charge in [0, 0.05) is 6.42 Å². The Morgan fingerprint density at radius 2 is 1.91 bits per heavy atom. The maximum absolute atomic E-state index is 10.4. The Balaban J connectivity index is 2.18. The van der Waals surface area contributed by atoms with Crippen molar-refractivity contribution in [3.05, 3.63) is 0 Å². The number of ether oxygens (including phenoxy) is 2. The Kier molecular flexibility index (Phi) is 8.27. The summed E-state index contributed by atoms with van der Waals surface area (Å²) in [7, 11) is 0. The first-order valence-electron chi connectivity index (χ1n) is 7.86. The number of aliphatic hydroxyl groups is 3. The highest BCUT2D eigenvalue weighted by molar-refractivity contribution is 5.67. The molecule has 0 aromatic carbocycles. The minimum atomic E-state index is -0.996. The predicted molar refractivity (Wildman–Crippen MR) is 78.2 cm³/mol. The van der Waals surface area contributed by atoms with Crippen LogP contribution < -0.4 is 0 Å². The fourth-order valence-corrected chi connectivity index (χ4v) is 2.48. The van der Waals surface area contributed by atoms with Gasteiger partial charge >= 0.3 is 5.97 Å². The standard InChI is InChI=1S/C15H28O7/c1-9(5-3-4-6-11(16)7-14(19)20)21-15-13(18)8-12(17)10(2)22-15/h9-13,15-18H,3-8H2,1-2H3,(H,19,20)/t9-,10?,11+,12+,13?,15+/m0/s1. The van der Waals surface area contributed by atoms with Gasteiger partial charge in [0.15, 0.2) is 6.29 Å². The van der Waals surface area contributed by atoms with E-state index in [9.17, 15) is 20.1 Å². The van der Waals surface area contributed by atoms with E-state index >= 15 is 0 Å². The van der Waals surface area contributed by atoms with Crippen molar-refractivity contribution in [2.45, 2.75) is 89.2 Å². The smallest absolute Gasteiger partial charge is 0.305 e. The monoisotopic (exact) mass is 320 g/mol. The summed E-state index contributed by atoms with van der Waals surface area (Å²) in [6.07, 6.45) is -0.866. The number of hydrogen-bond acceptors (Lipinski definition) is 6. The number of carboxylic acids is 1. The van der Waals surface area contributed by atoms with Crippen LogP contribution in [0.3, 0.4) is 0 Å². The fraction of sp³-hybridized carbons (Fsp3) is 0.933. The highest BCUT2D eigenvalue weighted by Gasteiger charge is 2.35. The Hall–Kier alpha value is -0.730. The molecule has 7 nitrogen and oxygen atoms in total. The molecule has 1 heterocycles. The van der Waals surface area contributed by atoms with Crippen LogP contribution in [0.1, 0.15) is 52.4 Å². The highest BCUT2D eigenvalue weighted by atomic mass is 16.7. The second kappa shape index (κ2) is 9.42. The molecule has 7 heteroatoms. The van der Waals surface area contributed by atoms with E-state index in [-0.39, 0.29) is 25.0 Å². The van der Waals surface area contributed by atoms with Crippen LogP contribution in [0.5, 0.6) is 0 Å². The first-order valence-corrected chi connectivity index (χ1v) is 7.86. The van der Waals surface area contributed by atoms with Gasteiger partial charge in [0.2, 0.25) is 0 Å². The maximum atomic E-state index is 10.4. The van der Waals surface area contributed by atoms with Crippen molar-refractivity contribution in [1.82, 2.24) is 0 Å². The lowest BCUT2D eigenvalue weighted by molar-refractivity contribution is -0.273. The summed E-state index contributed by atoms with van der Waals surface area (Å²) in [5.74, 6) is -0.996. The molecule has 0 aromatic rings. The number of aliphatic hydroxyl groups excluding tert-OH is 3. The Bertz CT molecular complexity index is 336. The topological polar surface area (TPSA) is 116 Å². The van der Waals surface area contributed by atoms with Crippen molar-refractivity contribution in [2.24, 2.45) is 0 Å². The molecule has 0 saturated carbocycles. The summed E-state index contributed by atoms with van der Waals surface area (Å²) in [5, 5.41) is 37.4. The molecule has 2 unspecified atom stereocenters. The summed E-state index contributed by atoms with van der Waals surface area (Å²) in [6, 6.07) is 0. The number of carbonyl (C=O) groups is 1. The van der Waals surface area contributed by atoms with Crippen LogP contribution in [-0.4, -0.2) is 63.2 Å². The lowest BCUT2D eigenvalue weighted by Gasteiger charge is -2.36. The molecule has 4 N–H and O–H groups in total. The maximum Gasteiger partial charge on any atom is 0.305 e. The zero-order chi connectivity index (χ0) is 16.7. The molecule has 1 rings (SSSR count). The van der Waals surface area contributed by atoms with Crippen molar-refractivity contribution < 1.29 is 34.7 Å². The molecule has 1 aliphatic rings. The molecule has 0 bridgehead atoms. The van der Waals surface area contributed by atoms with Crippen molar-refractivity contribution >= 4 is 5.97 Å². The quantitative estimate of drug-likeness (QED) is 0.461. The summed E-state index contributed by atoms with van der Waals surface area (Å²) >= 11 is 0. The first kappa shape index (κ1) is 19.3. The third-order valence-electron chi connectivity index (χ3n) is 3.86. The molecule has 22 heavy (non-hydrogen) atoms. The average molecular weight is 320 g/mol. The van der Waals surface area contributed by atoms with Crippen molar-refractivity contribution in [2.75, 3.05) is 0 Å². The number of hydrogen-bond donors (Lipinski definition) is 4. The third-order valence-corrected chi connectivity index (χ3v) is 3.86. The molecule has 6 atom stereocenters. The number of unbranched alkanes of at least 4 members (excludes halogenated alkanes) is 1. The molecule has 0 aromatic heterocycles. The molecule has 0 aliphatic carbocycles. The third kappa shape index (κ3) is 7.02. The zero-order valence-corrected chi connectivity index (χ0v) is 13.2. The normalized spacial score (nSPS) is 31.7. The van der Waals surface area contributed by atoms with E-state index in [0.717, 1.165) is 12.8 Å². The second-order valence-corrected chi connectivity index (χ2v) is 6.06. The first-order chi connectivity index (χ1) is 10.3. The van der Waals surface area contributed by atoms with Crippen LogP contribution in [0.4, 0.5) is 0 Å². The average Bonchev–Trinajstić information content (AvgIpc) is 2.40. The zero-order valence-electron chi connectivity index (χ0n) is 13.2. The molecule has 0 radical (unpaired) electrons. The second-order valence-electron chi connectivity index (χ2n) is 6.06. The largest absolute Gasteiger partial charge is 0.481 e. The predicted octanol–water partition coefficient (Wildman–Crippen LogP) is 0.644. The molecular formula is C15H28O7. The Labute approximate surface area is 130 Å². The van der Waals surface area contributed by atoms with Crippen LogP contribution in [0.25, 0.3) is 0 Å². The van der Waals surface area contributed by atoms with Gasteiger partial charge in [-0.15, -0.1) is 0 Å². The lowest BCUT2D eigenvalue weighted by atomic mass is 10.0. The summed E-state index contributed by atoms with van der Waals surface area (Å²) in [4.78, 5) is 10.4. The fourth-order valence-electron chi connectivity index (χ4n) is 2.48. The van der Waals surface area contributed by atoms with Crippen LogP contribution in [0.2, 0.25) is 0 Å². The summed E-state index contributed by atoms with van der Waals surface area (Å²) in [6.45, 7) is 3.61. The van der Waals surface area contributed by atoms with Crippen LogP contribution in [0, 0.1) is 0 Å². The van der Waals surface area contributed by atoms with Crippen molar-refractivity contribution in [3.63, 3.8) is 0 Å². The van der Waals surface area contributed by atoms with Gasteiger partial charge in [-0.3, -0.25) is 4.79 Å². The van der Waals surface area contributed by atoms with E-state index in [1.54, 1.807) is 6.92 Å². The molecular weight excluding hydrogens is 292 g/mol. The molecule has 0 spiro atoms. The number of carboxylic acid groups (broad SMARTS) is 1. The number of aliphatic carboxylic acids is 1. The van der Waals surface area contributed by atoms with E-state index < -0.39 is 30.6 Å². The molecule has 130 valence electrons. The van der Waals surface area contributed by atoms with Gasteiger partial charge in [0.25, 0.3) is 0 Å². The summed E-state index contributed by atoms with van der Waals surface area (Å²) < 4.78 is 11.1. The van der Waals surface area contributed by atoms with Gasteiger partial charge in [-0.25, -0.2) is 0 Å². The van der Waals surface area contributed by atoms with Crippen LogP contribution in [-0.2, 0) is 14.3 Å². The van der Waals surface area contributed by atoms with Gasteiger partial charge in [-0.2, -0.15) is 0 Å². The van der Waals surface area contributed by atoms with Gasteiger partial charge in [-0.1, -0.05) is 12.8 Å².